The molecule has 0 amide bonds. The van der Waals surface area contributed by atoms with Crippen molar-refractivity contribution in [3.8, 4) is 0 Å². The van der Waals surface area contributed by atoms with Gasteiger partial charge < -0.3 is 0 Å². The van der Waals surface area contributed by atoms with Gasteiger partial charge in [-0.05, 0) is 25.3 Å². The minimum atomic E-state index is -3.37. The first-order valence-corrected chi connectivity index (χ1v) is 7.53. The van der Waals surface area contributed by atoms with Crippen LogP contribution in [0.2, 0.25) is 0 Å². The van der Waals surface area contributed by atoms with Gasteiger partial charge in [0.05, 0.1) is 17.9 Å². The van der Waals surface area contributed by atoms with Crippen LogP contribution in [-0.2, 0) is 10.2 Å². The molecule has 0 aliphatic carbocycles. The number of aromatic amines is 1. The summed E-state index contributed by atoms with van der Waals surface area (Å²) in [6.07, 6.45) is 4.54. The van der Waals surface area contributed by atoms with Gasteiger partial charge in [0, 0.05) is 20.6 Å². The molecule has 1 N–H and O–H groups in total. The lowest BCUT2D eigenvalue weighted by Crippen LogP contribution is -2.44. The third-order valence-electron chi connectivity index (χ3n) is 3.41. The predicted octanol–water partition coefficient (Wildman–Crippen LogP) is 1.05. The largest absolute Gasteiger partial charge is 0.282 e. The van der Waals surface area contributed by atoms with Crippen molar-refractivity contribution in [1.29, 1.82) is 0 Å². The van der Waals surface area contributed by atoms with Crippen LogP contribution in [0.5, 0.6) is 0 Å². The third-order valence-corrected chi connectivity index (χ3v) is 5.37. The Morgan fingerprint density at radius 2 is 2.17 bits per heavy atom. The molecule has 1 aliphatic heterocycles. The summed E-state index contributed by atoms with van der Waals surface area (Å²) in [5.74, 6) is 0. The average Bonchev–Trinajstić information content (AvgIpc) is 2.75. The predicted molar refractivity (Wildman–Crippen MR) is 69.2 cm³/mol. The van der Waals surface area contributed by atoms with E-state index >= 15 is 0 Å². The van der Waals surface area contributed by atoms with E-state index in [1.54, 1.807) is 24.6 Å². The van der Waals surface area contributed by atoms with Gasteiger partial charge in [-0.3, -0.25) is 5.10 Å². The fourth-order valence-electron chi connectivity index (χ4n) is 2.37. The Balaban J connectivity index is 2.36. The minimum Gasteiger partial charge on any atom is -0.281 e. The zero-order valence-corrected chi connectivity index (χ0v) is 11.9. The molecular weight excluding hydrogens is 252 g/mol. The van der Waals surface area contributed by atoms with Crippen LogP contribution in [0.1, 0.15) is 36.6 Å². The van der Waals surface area contributed by atoms with Crippen LogP contribution < -0.4 is 0 Å². The molecule has 0 radical (unpaired) electrons. The maximum absolute atomic E-state index is 12.3. The van der Waals surface area contributed by atoms with E-state index in [1.807, 2.05) is 6.92 Å². The fraction of sp³-hybridized carbons (Fsp3) is 0.727. The van der Waals surface area contributed by atoms with E-state index in [1.165, 1.54) is 4.31 Å². The summed E-state index contributed by atoms with van der Waals surface area (Å²) < 4.78 is 27.5. The molecule has 6 nitrogen and oxygen atoms in total. The number of H-pyrrole nitrogens is 1. The molecule has 2 heterocycles. The molecule has 1 unspecified atom stereocenters. The Labute approximate surface area is 108 Å². The monoisotopic (exact) mass is 272 g/mol. The van der Waals surface area contributed by atoms with E-state index in [9.17, 15) is 8.42 Å². The first kappa shape index (κ1) is 13.5. The van der Waals surface area contributed by atoms with Crippen molar-refractivity contribution in [3.05, 3.63) is 17.5 Å². The molecule has 7 heteroatoms. The molecule has 1 aromatic rings. The van der Waals surface area contributed by atoms with Gasteiger partial charge in [0.2, 0.25) is 0 Å². The van der Waals surface area contributed by atoms with Crippen LogP contribution in [0.25, 0.3) is 0 Å². The van der Waals surface area contributed by atoms with Crippen molar-refractivity contribution in [2.24, 2.45) is 0 Å². The SMILES string of the molecule is Cc1cn[nH]c1C1CCCCN1S(=O)(=O)N(C)C. The topological polar surface area (TPSA) is 69.3 Å². The van der Waals surface area contributed by atoms with E-state index in [4.69, 9.17) is 0 Å². The van der Waals surface area contributed by atoms with E-state index in [2.05, 4.69) is 10.2 Å². The van der Waals surface area contributed by atoms with Crippen molar-refractivity contribution in [2.45, 2.75) is 32.2 Å². The van der Waals surface area contributed by atoms with Gasteiger partial charge >= 0.3 is 0 Å². The summed E-state index contributed by atoms with van der Waals surface area (Å²) in [6, 6.07) is -0.117. The number of aromatic nitrogens is 2. The molecule has 1 saturated heterocycles. The molecule has 0 bridgehead atoms. The summed E-state index contributed by atoms with van der Waals surface area (Å²) >= 11 is 0. The lowest BCUT2D eigenvalue weighted by molar-refractivity contribution is 0.238. The lowest BCUT2D eigenvalue weighted by Gasteiger charge is -2.35. The second kappa shape index (κ2) is 4.99. The van der Waals surface area contributed by atoms with E-state index in [0.717, 1.165) is 30.5 Å². The smallest absolute Gasteiger partial charge is 0.281 e. The highest BCUT2D eigenvalue weighted by molar-refractivity contribution is 7.86. The number of nitrogens with zero attached hydrogens (tertiary/aromatic N) is 3. The number of aryl methyl sites for hydroxylation is 1. The Kier molecular flexibility index (Phi) is 3.74. The highest BCUT2D eigenvalue weighted by Gasteiger charge is 2.35. The van der Waals surface area contributed by atoms with Crippen molar-refractivity contribution in [2.75, 3.05) is 20.6 Å². The quantitative estimate of drug-likeness (QED) is 0.894. The van der Waals surface area contributed by atoms with E-state index in [0.29, 0.717) is 6.54 Å². The Hall–Kier alpha value is -0.920. The summed E-state index contributed by atoms with van der Waals surface area (Å²) in [5, 5.41) is 6.94. The van der Waals surface area contributed by atoms with Crippen molar-refractivity contribution in [1.82, 2.24) is 18.8 Å². The van der Waals surface area contributed by atoms with Crippen molar-refractivity contribution in [3.63, 3.8) is 0 Å². The van der Waals surface area contributed by atoms with E-state index in [-0.39, 0.29) is 6.04 Å². The van der Waals surface area contributed by atoms with Gasteiger partial charge in [0.15, 0.2) is 0 Å². The summed E-state index contributed by atoms with van der Waals surface area (Å²) in [7, 11) is -0.233. The average molecular weight is 272 g/mol. The summed E-state index contributed by atoms with van der Waals surface area (Å²) in [6.45, 7) is 2.53. The number of piperidine rings is 1. The Morgan fingerprint density at radius 3 is 2.72 bits per heavy atom. The van der Waals surface area contributed by atoms with Crippen molar-refractivity contribution >= 4 is 10.2 Å². The number of hydrogen-bond acceptors (Lipinski definition) is 3. The first-order chi connectivity index (χ1) is 8.44. The zero-order valence-electron chi connectivity index (χ0n) is 11.0. The number of hydrogen-bond donors (Lipinski definition) is 1. The summed E-state index contributed by atoms with van der Waals surface area (Å²) in [4.78, 5) is 0. The number of rotatable bonds is 3. The molecular formula is C11H20N4O2S. The molecule has 2 rings (SSSR count). The molecule has 18 heavy (non-hydrogen) atoms. The molecule has 0 saturated carbocycles. The highest BCUT2D eigenvalue weighted by Crippen LogP contribution is 2.33. The molecule has 1 aliphatic rings. The fourth-order valence-corrected chi connectivity index (χ4v) is 3.68. The van der Waals surface area contributed by atoms with Crippen LogP contribution in [0.15, 0.2) is 6.20 Å². The first-order valence-electron chi connectivity index (χ1n) is 6.13. The van der Waals surface area contributed by atoms with Gasteiger partial charge in [-0.2, -0.15) is 22.1 Å². The zero-order chi connectivity index (χ0) is 13.3. The normalized spacial score (nSPS) is 22.6. The standard InChI is InChI=1S/C11H20N4O2S/c1-9-8-12-13-11(9)10-6-4-5-7-15(10)18(16,17)14(2)3/h8,10H,4-7H2,1-3H3,(H,12,13). The van der Waals surface area contributed by atoms with Crippen LogP contribution in [0.4, 0.5) is 0 Å². The highest BCUT2D eigenvalue weighted by atomic mass is 32.2. The third kappa shape index (κ3) is 2.30. The molecule has 102 valence electrons. The maximum atomic E-state index is 12.3. The van der Waals surface area contributed by atoms with Gasteiger partial charge in [0.1, 0.15) is 0 Å². The van der Waals surface area contributed by atoms with Gasteiger partial charge in [-0.25, -0.2) is 0 Å². The van der Waals surface area contributed by atoms with Crippen LogP contribution >= 0.6 is 0 Å². The molecule has 0 spiro atoms. The number of nitrogens with one attached hydrogen (secondary N) is 1. The van der Waals surface area contributed by atoms with Gasteiger partial charge in [-0.1, -0.05) is 6.42 Å². The van der Waals surface area contributed by atoms with Gasteiger partial charge in [0.25, 0.3) is 10.2 Å². The van der Waals surface area contributed by atoms with E-state index < -0.39 is 10.2 Å². The summed E-state index contributed by atoms with van der Waals surface area (Å²) in [5.41, 5.74) is 1.93. The van der Waals surface area contributed by atoms with Crippen molar-refractivity contribution < 1.29 is 8.42 Å². The van der Waals surface area contributed by atoms with Crippen LogP contribution in [0, 0.1) is 6.92 Å². The molecule has 1 aromatic heterocycles. The molecule has 0 aromatic carbocycles. The maximum Gasteiger partial charge on any atom is 0.282 e. The Morgan fingerprint density at radius 1 is 1.44 bits per heavy atom. The molecule has 1 fully saturated rings. The van der Waals surface area contributed by atoms with Gasteiger partial charge in [-0.15, -0.1) is 0 Å². The Bertz CT molecular complexity index is 509. The second-order valence-electron chi connectivity index (χ2n) is 4.88. The second-order valence-corrected chi connectivity index (χ2v) is 6.97. The van der Waals surface area contributed by atoms with Crippen LogP contribution in [-0.4, -0.2) is 47.9 Å². The minimum absolute atomic E-state index is 0.117. The molecule has 1 atom stereocenters. The lowest BCUT2D eigenvalue weighted by atomic mass is 10.00. The van der Waals surface area contributed by atoms with Crippen LogP contribution in [0.3, 0.4) is 0 Å².